The monoisotopic (exact) mass is 827 g/mol. The summed E-state index contributed by atoms with van der Waals surface area (Å²) in [6, 6.07) is 48.0. The van der Waals surface area contributed by atoms with Crippen molar-refractivity contribution in [1.82, 2.24) is 0 Å². The second kappa shape index (κ2) is 33.3. The topological polar surface area (TPSA) is 116 Å². The van der Waals surface area contributed by atoms with Gasteiger partial charge in [-0.3, -0.25) is 19.2 Å². The van der Waals surface area contributed by atoms with Gasteiger partial charge in [-0.1, -0.05) is 176 Å². The fraction of sp³-hybridized carbons (Fsp3) is 0.264. The molecule has 5 rings (SSSR count). The van der Waals surface area contributed by atoms with Crippen LogP contribution in [0.3, 0.4) is 0 Å². The van der Waals surface area contributed by atoms with Crippen molar-refractivity contribution in [2.75, 3.05) is 19.8 Å². The first kappa shape index (κ1) is 52.5. The molecule has 0 heterocycles. The van der Waals surface area contributed by atoms with Crippen LogP contribution in [0.25, 0.3) is 0 Å². The molecular weight excluding hydrogens is 765 g/mol. The van der Waals surface area contributed by atoms with Crippen LogP contribution in [0.1, 0.15) is 68.4 Å². The van der Waals surface area contributed by atoms with Crippen LogP contribution in [0.5, 0.6) is 0 Å². The third-order valence-corrected chi connectivity index (χ3v) is 8.34. The van der Waals surface area contributed by atoms with Gasteiger partial charge in [0.15, 0.2) is 0 Å². The van der Waals surface area contributed by atoms with Crippen LogP contribution in [0.4, 0.5) is 0 Å². The highest BCUT2D eigenvalue weighted by molar-refractivity contribution is 5.73. The maximum atomic E-state index is 11.6. The summed E-state index contributed by atoms with van der Waals surface area (Å²) in [5.41, 5.74) is 7.60. The number of hydrogen-bond acceptors (Lipinski definition) is 7. The summed E-state index contributed by atoms with van der Waals surface area (Å²) in [5.74, 6) is -1.29. The molecule has 0 aliphatic carbocycles. The SMILES string of the molecule is CC(C)=CCC/C(C)=C/COC(=O)Cc1ccccc1.CCOC(=O)Cc1ccccc1.O=C(Cc1ccccc1)OCCc1ccccc1.O=C(O)Cc1ccccc1.[CH3]. The molecule has 0 unspecified atom stereocenters. The summed E-state index contributed by atoms with van der Waals surface area (Å²) >= 11 is 0. The van der Waals surface area contributed by atoms with Gasteiger partial charge in [0.1, 0.15) is 6.61 Å². The normalized spacial score (nSPS) is 9.93. The Hall–Kier alpha value is -6.54. The number of carboxylic acids is 1. The molecule has 8 heteroatoms. The van der Waals surface area contributed by atoms with E-state index in [0.29, 0.717) is 39.1 Å². The minimum atomic E-state index is -0.786. The molecule has 5 aromatic carbocycles. The van der Waals surface area contributed by atoms with Crippen molar-refractivity contribution in [3.63, 3.8) is 0 Å². The van der Waals surface area contributed by atoms with E-state index in [1.807, 2.05) is 153 Å². The molecule has 0 aromatic heterocycles. The van der Waals surface area contributed by atoms with E-state index in [-0.39, 0.29) is 31.8 Å². The lowest BCUT2D eigenvalue weighted by Gasteiger charge is -2.05. The van der Waals surface area contributed by atoms with Gasteiger partial charge >= 0.3 is 23.9 Å². The molecule has 0 fully saturated rings. The number of ether oxygens (including phenoxy) is 3. The first-order chi connectivity index (χ1) is 29.0. The Labute approximate surface area is 363 Å². The molecule has 1 N–H and O–H groups in total. The van der Waals surface area contributed by atoms with Gasteiger partial charge in [-0.05, 0) is 74.4 Å². The summed E-state index contributed by atoms with van der Waals surface area (Å²) < 4.78 is 15.2. The average molecular weight is 828 g/mol. The summed E-state index contributed by atoms with van der Waals surface area (Å²) in [6.45, 7) is 9.34. The van der Waals surface area contributed by atoms with Gasteiger partial charge in [-0.25, -0.2) is 0 Å². The van der Waals surface area contributed by atoms with Crippen molar-refractivity contribution in [1.29, 1.82) is 0 Å². The minimum Gasteiger partial charge on any atom is -0.481 e. The fourth-order valence-electron chi connectivity index (χ4n) is 5.27. The average Bonchev–Trinajstić information content (AvgIpc) is 3.23. The predicted octanol–water partition coefficient (Wildman–Crippen LogP) is 11.0. The Kier molecular flexibility index (Phi) is 28.7. The predicted molar refractivity (Wildman–Crippen MR) is 246 cm³/mol. The lowest BCUT2D eigenvalue weighted by Crippen LogP contribution is -2.10. The molecule has 0 amide bonds. The number of hydrogen-bond donors (Lipinski definition) is 1. The Morgan fingerprint density at radius 2 is 0.852 bits per heavy atom. The molecule has 0 atom stereocenters. The van der Waals surface area contributed by atoms with Crippen LogP contribution >= 0.6 is 0 Å². The number of carbonyl (C=O) groups excluding carboxylic acids is 3. The minimum absolute atomic E-state index is 0. The van der Waals surface area contributed by atoms with Gasteiger partial charge in [-0.15, -0.1) is 0 Å². The molecule has 8 nitrogen and oxygen atoms in total. The van der Waals surface area contributed by atoms with Gasteiger partial charge in [0.25, 0.3) is 0 Å². The standard InChI is InChI=1S/C18H24O2.C16H16O2.C10H12O2.C8H8O2.CH3/c1-15(2)8-7-9-16(3)12-13-20-18(19)14-17-10-5-4-6-11-17;17-16(13-15-9-5-2-6-10-15)18-12-11-14-7-3-1-4-8-14;1-2-12-10(11)8-9-6-4-3-5-7-9;9-8(10)6-7-4-2-1-3-5-7;/h4-6,8,10-12H,7,9,13-14H2,1-3H3;1-10H,11-13H2;3-7H,2,8H2,1H3;1-5H,6H2,(H,9,10);1H3/b16-12+;;;;. The van der Waals surface area contributed by atoms with Gasteiger partial charge in [0.2, 0.25) is 0 Å². The van der Waals surface area contributed by atoms with Crippen molar-refractivity contribution in [3.8, 4) is 0 Å². The Morgan fingerprint density at radius 1 is 0.492 bits per heavy atom. The molecule has 0 spiro atoms. The lowest BCUT2D eigenvalue weighted by molar-refractivity contribution is -0.143. The molecule has 5 aromatic rings. The molecule has 1 radical (unpaired) electrons. The van der Waals surface area contributed by atoms with E-state index < -0.39 is 5.97 Å². The van der Waals surface area contributed by atoms with E-state index in [1.54, 1.807) is 12.1 Å². The molecule has 323 valence electrons. The van der Waals surface area contributed by atoms with Crippen LogP contribution in [-0.4, -0.2) is 48.8 Å². The zero-order chi connectivity index (χ0) is 43.6. The molecule has 61 heavy (non-hydrogen) atoms. The Balaban J connectivity index is 0.000000418. The molecule has 0 aliphatic rings. The largest absolute Gasteiger partial charge is 0.481 e. The number of benzene rings is 5. The molecule has 0 saturated heterocycles. The third-order valence-electron chi connectivity index (χ3n) is 8.34. The number of esters is 3. The maximum absolute atomic E-state index is 11.6. The number of carboxylic acid groups (broad SMARTS) is 1. The summed E-state index contributed by atoms with van der Waals surface area (Å²) in [5, 5.41) is 8.37. The number of rotatable bonds is 17. The van der Waals surface area contributed by atoms with Gasteiger partial charge < -0.3 is 19.3 Å². The second-order valence-corrected chi connectivity index (χ2v) is 13.9. The molecular formula is C53H63O8. The Morgan fingerprint density at radius 3 is 1.23 bits per heavy atom. The van der Waals surface area contributed by atoms with Gasteiger partial charge in [0, 0.05) is 6.42 Å². The van der Waals surface area contributed by atoms with Crippen molar-refractivity contribution in [2.24, 2.45) is 0 Å². The van der Waals surface area contributed by atoms with E-state index in [4.69, 9.17) is 19.3 Å². The van der Waals surface area contributed by atoms with Crippen molar-refractivity contribution >= 4 is 23.9 Å². The summed E-state index contributed by atoms with van der Waals surface area (Å²) in [4.78, 5) is 44.4. The first-order valence-electron chi connectivity index (χ1n) is 20.2. The first-order valence-corrected chi connectivity index (χ1v) is 20.2. The van der Waals surface area contributed by atoms with Crippen molar-refractivity contribution in [2.45, 2.75) is 72.6 Å². The third kappa shape index (κ3) is 28.5. The smallest absolute Gasteiger partial charge is 0.310 e. The quantitative estimate of drug-likeness (QED) is 0.0560. The fourth-order valence-corrected chi connectivity index (χ4v) is 5.27. The van der Waals surface area contributed by atoms with E-state index in [1.165, 1.54) is 16.7 Å². The van der Waals surface area contributed by atoms with Crippen molar-refractivity contribution in [3.05, 3.63) is 210 Å². The van der Waals surface area contributed by atoms with E-state index >= 15 is 0 Å². The van der Waals surface area contributed by atoms with E-state index in [0.717, 1.165) is 41.5 Å². The molecule has 0 aliphatic heterocycles. The zero-order valence-electron chi connectivity index (χ0n) is 36.5. The highest BCUT2D eigenvalue weighted by atomic mass is 16.5. The van der Waals surface area contributed by atoms with Crippen LogP contribution in [0.15, 0.2) is 175 Å². The number of allylic oxidation sites excluding steroid dienone is 3. The van der Waals surface area contributed by atoms with Crippen LogP contribution in [0, 0.1) is 7.43 Å². The number of aliphatic carboxylic acids is 1. The van der Waals surface area contributed by atoms with Crippen LogP contribution in [0.2, 0.25) is 0 Å². The number of carbonyl (C=O) groups is 4. The van der Waals surface area contributed by atoms with Crippen LogP contribution in [-0.2, 0) is 65.5 Å². The second-order valence-electron chi connectivity index (χ2n) is 13.9. The van der Waals surface area contributed by atoms with Gasteiger partial charge in [0.05, 0.1) is 38.9 Å². The zero-order valence-corrected chi connectivity index (χ0v) is 36.5. The van der Waals surface area contributed by atoms with Crippen molar-refractivity contribution < 1.29 is 38.5 Å². The lowest BCUT2D eigenvalue weighted by atomic mass is 10.1. The maximum Gasteiger partial charge on any atom is 0.310 e. The highest BCUT2D eigenvalue weighted by Gasteiger charge is 2.05. The Bertz CT molecular complexity index is 1970. The summed E-state index contributed by atoms with van der Waals surface area (Å²) in [6.07, 6.45) is 8.20. The molecule has 0 saturated carbocycles. The van der Waals surface area contributed by atoms with E-state index in [2.05, 4.69) is 26.8 Å². The summed E-state index contributed by atoms with van der Waals surface area (Å²) in [7, 11) is 0. The van der Waals surface area contributed by atoms with Gasteiger partial charge in [-0.2, -0.15) is 0 Å². The highest BCUT2D eigenvalue weighted by Crippen LogP contribution is 2.08. The molecule has 0 bridgehead atoms. The van der Waals surface area contributed by atoms with E-state index in [9.17, 15) is 19.2 Å². The van der Waals surface area contributed by atoms with Crippen LogP contribution < -0.4 is 0 Å².